The predicted octanol–water partition coefficient (Wildman–Crippen LogP) is 4.53. The molecule has 2 unspecified atom stereocenters. The summed E-state index contributed by atoms with van der Waals surface area (Å²) in [6.07, 6.45) is 1.34. The van der Waals surface area contributed by atoms with Crippen LogP contribution in [0.15, 0.2) is 34.7 Å². The Morgan fingerprint density at radius 3 is 2.62 bits per heavy atom. The van der Waals surface area contributed by atoms with Crippen LogP contribution in [-0.4, -0.2) is 19.3 Å². The van der Waals surface area contributed by atoms with E-state index in [1.54, 1.807) is 0 Å². The van der Waals surface area contributed by atoms with E-state index in [0.29, 0.717) is 12.5 Å². The Balaban J connectivity index is 2.10. The Morgan fingerprint density at radius 2 is 1.95 bits per heavy atom. The fraction of sp³-hybridized carbons (Fsp3) is 0.556. The Hall–Kier alpha value is -1.32. The maximum Gasteiger partial charge on any atom is 0.134 e. The Labute approximate surface area is 127 Å². The SMILES string of the molecule is CCCNC(COC(C)C(C)C)c1cc2ccccc2o1. The van der Waals surface area contributed by atoms with Crippen LogP contribution in [0.2, 0.25) is 0 Å². The quantitative estimate of drug-likeness (QED) is 0.775. The molecule has 21 heavy (non-hydrogen) atoms. The molecule has 2 rings (SSSR count). The molecule has 0 bridgehead atoms. The highest BCUT2D eigenvalue weighted by Gasteiger charge is 2.18. The van der Waals surface area contributed by atoms with Gasteiger partial charge in [0.15, 0.2) is 0 Å². The average Bonchev–Trinajstić information content (AvgIpc) is 2.90. The van der Waals surface area contributed by atoms with E-state index in [0.717, 1.165) is 29.7 Å². The van der Waals surface area contributed by atoms with Crippen LogP contribution < -0.4 is 5.32 Å². The van der Waals surface area contributed by atoms with E-state index < -0.39 is 0 Å². The van der Waals surface area contributed by atoms with Gasteiger partial charge in [0.2, 0.25) is 0 Å². The Bertz CT molecular complexity index is 514. The standard InChI is InChI=1S/C18H27NO2/c1-5-10-19-16(12-20-14(4)13(2)3)18-11-15-8-6-7-9-17(15)21-18/h6-9,11,13-14,16,19H,5,10,12H2,1-4H3. The molecule has 0 spiro atoms. The zero-order valence-electron chi connectivity index (χ0n) is 13.6. The molecule has 2 atom stereocenters. The number of para-hydroxylation sites is 1. The molecule has 116 valence electrons. The smallest absolute Gasteiger partial charge is 0.134 e. The van der Waals surface area contributed by atoms with Gasteiger partial charge in [0.1, 0.15) is 11.3 Å². The summed E-state index contributed by atoms with van der Waals surface area (Å²) in [6.45, 7) is 10.3. The first kappa shape index (κ1) is 16.1. The minimum atomic E-state index is 0.110. The van der Waals surface area contributed by atoms with E-state index in [-0.39, 0.29) is 12.1 Å². The van der Waals surface area contributed by atoms with Crippen molar-refractivity contribution in [1.29, 1.82) is 0 Å². The summed E-state index contributed by atoms with van der Waals surface area (Å²) < 4.78 is 12.0. The molecule has 0 aliphatic rings. The first-order valence-electron chi connectivity index (χ1n) is 7.95. The lowest BCUT2D eigenvalue weighted by molar-refractivity contribution is 0.0190. The molecule has 0 saturated heterocycles. The van der Waals surface area contributed by atoms with Gasteiger partial charge >= 0.3 is 0 Å². The minimum absolute atomic E-state index is 0.110. The van der Waals surface area contributed by atoms with Gasteiger partial charge in [-0.25, -0.2) is 0 Å². The first-order valence-corrected chi connectivity index (χ1v) is 7.95. The van der Waals surface area contributed by atoms with Gasteiger partial charge < -0.3 is 14.5 Å². The second-order valence-corrected chi connectivity index (χ2v) is 5.98. The van der Waals surface area contributed by atoms with Crippen molar-refractivity contribution in [2.45, 2.75) is 46.3 Å². The normalized spacial score (nSPS) is 14.7. The molecule has 1 aromatic carbocycles. The number of ether oxygens (including phenoxy) is 1. The summed E-state index contributed by atoms with van der Waals surface area (Å²) in [7, 11) is 0. The molecule has 0 aliphatic carbocycles. The van der Waals surface area contributed by atoms with E-state index in [2.05, 4.69) is 45.1 Å². The van der Waals surface area contributed by atoms with Crippen LogP contribution in [0.5, 0.6) is 0 Å². The minimum Gasteiger partial charge on any atom is -0.459 e. The number of hydrogen-bond donors (Lipinski definition) is 1. The van der Waals surface area contributed by atoms with Gasteiger partial charge in [0, 0.05) is 5.39 Å². The lowest BCUT2D eigenvalue weighted by atomic mass is 10.1. The molecule has 0 radical (unpaired) electrons. The molecule has 3 nitrogen and oxygen atoms in total. The third kappa shape index (κ3) is 4.32. The van der Waals surface area contributed by atoms with Crippen LogP contribution in [0.1, 0.15) is 45.9 Å². The number of benzene rings is 1. The van der Waals surface area contributed by atoms with Crippen molar-refractivity contribution < 1.29 is 9.15 Å². The molecule has 1 heterocycles. The second-order valence-electron chi connectivity index (χ2n) is 5.98. The van der Waals surface area contributed by atoms with E-state index in [9.17, 15) is 0 Å². The zero-order valence-corrected chi connectivity index (χ0v) is 13.6. The summed E-state index contributed by atoms with van der Waals surface area (Å²) in [5.74, 6) is 1.48. The molecular weight excluding hydrogens is 262 g/mol. The molecule has 0 fully saturated rings. The lowest BCUT2D eigenvalue weighted by Gasteiger charge is -2.21. The fourth-order valence-electron chi connectivity index (χ4n) is 2.17. The highest BCUT2D eigenvalue weighted by molar-refractivity contribution is 5.77. The molecule has 2 aromatic rings. The van der Waals surface area contributed by atoms with Crippen LogP contribution in [0.25, 0.3) is 11.0 Å². The molecule has 0 aliphatic heterocycles. The largest absolute Gasteiger partial charge is 0.459 e. The Morgan fingerprint density at radius 1 is 1.19 bits per heavy atom. The van der Waals surface area contributed by atoms with Crippen molar-refractivity contribution in [3.63, 3.8) is 0 Å². The van der Waals surface area contributed by atoms with Gasteiger partial charge in [-0.05, 0) is 37.9 Å². The highest BCUT2D eigenvalue weighted by Crippen LogP contribution is 2.24. The second kappa shape index (κ2) is 7.62. The van der Waals surface area contributed by atoms with Crippen LogP contribution in [0, 0.1) is 5.92 Å². The molecule has 1 aromatic heterocycles. The van der Waals surface area contributed by atoms with Gasteiger partial charge in [0.05, 0.1) is 18.8 Å². The molecule has 1 N–H and O–H groups in total. The average molecular weight is 289 g/mol. The van der Waals surface area contributed by atoms with Gasteiger partial charge in [-0.1, -0.05) is 39.0 Å². The maximum atomic E-state index is 5.99. The lowest BCUT2D eigenvalue weighted by Crippen LogP contribution is -2.28. The topological polar surface area (TPSA) is 34.4 Å². The number of fused-ring (bicyclic) bond motifs is 1. The van der Waals surface area contributed by atoms with Crippen LogP contribution in [0.3, 0.4) is 0 Å². The molecule has 3 heteroatoms. The van der Waals surface area contributed by atoms with E-state index >= 15 is 0 Å². The van der Waals surface area contributed by atoms with Crippen LogP contribution in [-0.2, 0) is 4.74 Å². The Kier molecular flexibility index (Phi) is 5.83. The number of hydrogen-bond acceptors (Lipinski definition) is 3. The van der Waals surface area contributed by atoms with Crippen molar-refractivity contribution in [2.75, 3.05) is 13.2 Å². The van der Waals surface area contributed by atoms with Gasteiger partial charge in [-0.3, -0.25) is 0 Å². The predicted molar refractivity (Wildman–Crippen MR) is 87.5 cm³/mol. The number of nitrogens with one attached hydrogen (secondary N) is 1. The van der Waals surface area contributed by atoms with Gasteiger partial charge in [-0.2, -0.15) is 0 Å². The van der Waals surface area contributed by atoms with Crippen molar-refractivity contribution >= 4 is 11.0 Å². The van der Waals surface area contributed by atoms with E-state index in [4.69, 9.17) is 9.15 Å². The third-order valence-corrected chi connectivity index (χ3v) is 3.89. The molecule has 0 amide bonds. The van der Waals surface area contributed by atoms with Crippen molar-refractivity contribution in [3.8, 4) is 0 Å². The van der Waals surface area contributed by atoms with Crippen molar-refractivity contribution in [3.05, 3.63) is 36.1 Å². The maximum absolute atomic E-state index is 5.99. The summed E-state index contributed by atoms with van der Waals surface area (Å²) >= 11 is 0. The monoisotopic (exact) mass is 289 g/mol. The summed E-state index contributed by atoms with van der Waals surface area (Å²) in [5, 5.41) is 4.67. The highest BCUT2D eigenvalue weighted by atomic mass is 16.5. The van der Waals surface area contributed by atoms with Crippen molar-refractivity contribution in [2.24, 2.45) is 5.92 Å². The fourth-order valence-corrected chi connectivity index (χ4v) is 2.17. The van der Waals surface area contributed by atoms with Crippen molar-refractivity contribution in [1.82, 2.24) is 5.32 Å². The van der Waals surface area contributed by atoms with Crippen LogP contribution >= 0.6 is 0 Å². The summed E-state index contributed by atoms with van der Waals surface area (Å²) in [6, 6.07) is 10.4. The van der Waals surface area contributed by atoms with Crippen LogP contribution in [0.4, 0.5) is 0 Å². The first-order chi connectivity index (χ1) is 10.1. The third-order valence-electron chi connectivity index (χ3n) is 3.89. The summed E-state index contributed by atoms with van der Waals surface area (Å²) in [4.78, 5) is 0. The van der Waals surface area contributed by atoms with Gasteiger partial charge in [0.25, 0.3) is 0 Å². The molecule has 0 saturated carbocycles. The number of furan rings is 1. The van der Waals surface area contributed by atoms with E-state index in [1.807, 2.05) is 18.2 Å². The zero-order chi connectivity index (χ0) is 15.2. The number of rotatable bonds is 8. The summed E-state index contributed by atoms with van der Waals surface area (Å²) in [5.41, 5.74) is 0.938. The van der Waals surface area contributed by atoms with E-state index in [1.165, 1.54) is 0 Å². The van der Waals surface area contributed by atoms with Gasteiger partial charge in [-0.15, -0.1) is 0 Å². The molecular formula is C18H27NO2.